The summed E-state index contributed by atoms with van der Waals surface area (Å²) < 4.78 is 10.2. The van der Waals surface area contributed by atoms with Crippen molar-refractivity contribution in [2.45, 2.75) is 19.4 Å². The summed E-state index contributed by atoms with van der Waals surface area (Å²) in [5.41, 5.74) is -0.552. The van der Waals surface area contributed by atoms with Gasteiger partial charge in [0.05, 0.1) is 6.61 Å². The lowest BCUT2D eigenvalue weighted by Gasteiger charge is -2.14. The summed E-state index contributed by atoms with van der Waals surface area (Å²) in [6.07, 6.45) is 1.47. The first kappa shape index (κ1) is 18.2. The number of hydrogen-bond acceptors (Lipinski definition) is 8. The number of aliphatic imine (C=N–C) groups is 1. The molecular weight excluding hydrogens is 336 g/mol. The minimum absolute atomic E-state index is 0.0486. The highest BCUT2D eigenvalue weighted by atomic mass is 32.2. The average Bonchev–Trinajstić information content (AvgIpc) is 2.92. The lowest BCUT2D eigenvalue weighted by Crippen LogP contribution is -2.31. The first-order valence-corrected chi connectivity index (χ1v) is 8.16. The highest BCUT2D eigenvalue weighted by Gasteiger charge is 2.37. The van der Waals surface area contributed by atoms with E-state index >= 15 is 0 Å². The Balaban J connectivity index is 2.06. The summed E-state index contributed by atoms with van der Waals surface area (Å²) in [6, 6.07) is 1.49. The molecule has 0 spiro atoms. The van der Waals surface area contributed by atoms with Gasteiger partial charge in [0.25, 0.3) is 0 Å². The van der Waals surface area contributed by atoms with Crippen molar-refractivity contribution in [3.63, 3.8) is 0 Å². The molecule has 1 aromatic heterocycles. The molecule has 0 bridgehead atoms. The second-order valence-electron chi connectivity index (χ2n) is 5.34. The molecule has 2 N–H and O–H groups in total. The molecule has 0 unspecified atom stereocenters. The smallest absolute Gasteiger partial charge is 0.329 e. The van der Waals surface area contributed by atoms with Crippen LogP contribution in [0.3, 0.4) is 0 Å². The van der Waals surface area contributed by atoms with E-state index in [1.54, 1.807) is 6.92 Å². The SMILES string of the molecule is CC(=O)[C@@]1(C)CSC(c2nccc(OCCOCC(=O)O)c2O)=N1. The molecule has 0 amide bonds. The molecule has 9 heteroatoms. The van der Waals surface area contributed by atoms with E-state index in [1.165, 1.54) is 30.9 Å². The van der Waals surface area contributed by atoms with E-state index in [2.05, 4.69) is 9.98 Å². The third kappa shape index (κ3) is 4.24. The minimum atomic E-state index is -1.06. The molecular formula is C15H18N2O6S. The topological polar surface area (TPSA) is 118 Å². The van der Waals surface area contributed by atoms with Crippen molar-refractivity contribution in [3.05, 3.63) is 18.0 Å². The number of aromatic nitrogens is 1. The Morgan fingerprint density at radius 3 is 2.79 bits per heavy atom. The van der Waals surface area contributed by atoms with Gasteiger partial charge in [-0.3, -0.25) is 9.79 Å². The molecule has 1 aliphatic rings. The largest absolute Gasteiger partial charge is 0.503 e. The zero-order chi connectivity index (χ0) is 17.7. The van der Waals surface area contributed by atoms with Gasteiger partial charge < -0.3 is 19.7 Å². The number of aromatic hydroxyl groups is 1. The molecule has 0 aliphatic carbocycles. The molecule has 0 saturated carbocycles. The molecule has 1 aliphatic heterocycles. The molecule has 0 fully saturated rings. The summed E-state index contributed by atoms with van der Waals surface area (Å²) in [5.74, 6) is -0.595. The van der Waals surface area contributed by atoms with Crippen molar-refractivity contribution >= 4 is 28.6 Å². The van der Waals surface area contributed by atoms with Crippen LogP contribution in [-0.4, -0.2) is 63.1 Å². The molecule has 2 rings (SSSR count). The van der Waals surface area contributed by atoms with Crippen LogP contribution < -0.4 is 4.74 Å². The monoisotopic (exact) mass is 354 g/mol. The second kappa shape index (κ2) is 7.63. The van der Waals surface area contributed by atoms with Crippen LogP contribution in [0.5, 0.6) is 11.5 Å². The number of carbonyl (C=O) groups is 2. The molecule has 0 saturated heterocycles. The van der Waals surface area contributed by atoms with Crippen molar-refractivity contribution < 1.29 is 29.3 Å². The molecule has 0 radical (unpaired) electrons. The van der Waals surface area contributed by atoms with Crippen molar-refractivity contribution in [2.24, 2.45) is 4.99 Å². The van der Waals surface area contributed by atoms with Crippen LogP contribution in [0, 0.1) is 0 Å². The van der Waals surface area contributed by atoms with Crippen molar-refractivity contribution in [2.75, 3.05) is 25.6 Å². The predicted octanol–water partition coefficient (Wildman–Crippen LogP) is 1.11. The summed E-state index contributed by atoms with van der Waals surface area (Å²) in [4.78, 5) is 30.5. The van der Waals surface area contributed by atoms with Gasteiger partial charge in [-0.1, -0.05) is 0 Å². The van der Waals surface area contributed by atoms with Crippen LogP contribution in [0.4, 0.5) is 0 Å². The molecule has 1 atom stereocenters. The number of pyridine rings is 1. The van der Waals surface area contributed by atoms with Gasteiger partial charge in [0.15, 0.2) is 17.3 Å². The van der Waals surface area contributed by atoms with Gasteiger partial charge >= 0.3 is 5.97 Å². The fourth-order valence-corrected chi connectivity index (χ4v) is 3.12. The Morgan fingerprint density at radius 1 is 1.42 bits per heavy atom. The second-order valence-corrected chi connectivity index (χ2v) is 6.30. The number of carboxylic acids is 1. The van der Waals surface area contributed by atoms with E-state index in [4.69, 9.17) is 14.6 Å². The molecule has 24 heavy (non-hydrogen) atoms. The number of thioether (sulfide) groups is 1. The van der Waals surface area contributed by atoms with E-state index < -0.39 is 18.1 Å². The van der Waals surface area contributed by atoms with Crippen molar-refractivity contribution in [1.82, 2.24) is 4.98 Å². The van der Waals surface area contributed by atoms with E-state index in [0.29, 0.717) is 10.8 Å². The average molecular weight is 354 g/mol. The Morgan fingerprint density at radius 2 is 2.17 bits per heavy atom. The molecule has 0 aromatic carbocycles. The van der Waals surface area contributed by atoms with Crippen LogP contribution in [-0.2, 0) is 14.3 Å². The Hall–Kier alpha value is -2.13. The number of rotatable bonds is 8. The maximum absolute atomic E-state index is 11.7. The lowest BCUT2D eigenvalue weighted by atomic mass is 10.0. The molecule has 8 nitrogen and oxygen atoms in total. The predicted molar refractivity (Wildman–Crippen MR) is 87.9 cm³/mol. The van der Waals surface area contributed by atoms with Crippen LogP contribution in [0.25, 0.3) is 0 Å². The fraction of sp³-hybridized carbons (Fsp3) is 0.467. The number of aliphatic carboxylic acids is 1. The maximum atomic E-state index is 11.7. The number of hydrogen-bond donors (Lipinski definition) is 2. The van der Waals surface area contributed by atoms with Crippen LogP contribution in [0.15, 0.2) is 17.3 Å². The van der Waals surface area contributed by atoms with Crippen LogP contribution >= 0.6 is 11.8 Å². The van der Waals surface area contributed by atoms with Crippen LogP contribution in [0.1, 0.15) is 19.5 Å². The van der Waals surface area contributed by atoms with E-state index in [9.17, 15) is 14.7 Å². The number of carboxylic acid groups (broad SMARTS) is 1. The van der Waals surface area contributed by atoms with Gasteiger partial charge in [-0.25, -0.2) is 9.78 Å². The number of Topliss-reactive ketones (excluding diaryl/α,β-unsaturated/α-hetero) is 1. The summed E-state index contributed by atoms with van der Waals surface area (Å²) >= 11 is 1.35. The summed E-state index contributed by atoms with van der Waals surface area (Å²) in [6.45, 7) is 2.97. The number of ketones is 1. The summed E-state index contributed by atoms with van der Waals surface area (Å²) in [7, 11) is 0. The van der Waals surface area contributed by atoms with Gasteiger partial charge in [-0.15, -0.1) is 11.8 Å². The third-order valence-corrected chi connectivity index (χ3v) is 4.66. The van der Waals surface area contributed by atoms with Crippen molar-refractivity contribution in [1.29, 1.82) is 0 Å². The normalized spacial score (nSPS) is 19.8. The van der Waals surface area contributed by atoms with Gasteiger partial charge in [0.1, 0.15) is 29.5 Å². The number of nitrogens with zero attached hydrogens (tertiary/aromatic N) is 2. The molecule has 1 aromatic rings. The third-order valence-electron chi connectivity index (χ3n) is 3.40. The van der Waals surface area contributed by atoms with E-state index in [1.807, 2.05) is 0 Å². The Bertz CT molecular complexity index is 678. The first-order valence-electron chi connectivity index (χ1n) is 7.18. The Labute approximate surface area is 142 Å². The van der Waals surface area contributed by atoms with Gasteiger partial charge in [0.2, 0.25) is 0 Å². The van der Waals surface area contributed by atoms with Crippen LogP contribution in [0.2, 0.25) is 0 Å². The molecule has 130 valence electrons. The fourth-order valence-electron chi connectivity index (χ4n) is 1.88. The van der Waals surface area contributed by atoms with Gasteiger partial charge in [-0.05, 0) is 13.8 Å². The van der Waals surface area contributed by atoms with E-state index in [-0.39, 0.29) is 36.2 Å². The zero-order valence-corrected chi connectivity index (χ0v) is 14.1. The lowest BCUT2D eigenvalue weighted by molar-refractivity contribution is -0.142. The molecule has 2 heterocycles. The zero-order valence-electron chi connectivity index (χ0n) is 13.3. The first-order chi connectivity index (χ1) is 11.3. The van der Waals surface area contributed by atoms with E-state index in [0.717, 1.165) is 0 Å². The van der Waals surface area contributed by atoms with Gasteiger partial charge in [-0.2, -0.15) is 0 Å². The standard InChI is InChI=1S/C15H18N2O6S/c1-9(18)15(2)8-24-14(17-15)12-13(21)10(3-4-16-12)23-6-5-22-7-11(19)20/h3-4,21H,5-8H2,1-2H3,(H,19,20)/t15-/m1/s1. The summed E-state index contributed by atoms with van der Waals surface area (Å²) in [5, 5.41) is 19.2. The number of ether oxygens (including phenoxy) is 2. The highest BCUT2D eigenvalue weighted by Crippen LogP contribution is 2.36. The Kier molecular flexibility index (Phi) is 5.79. The van der Waals surface area contributed by atoms with Gasteiger partial charge in [0, 0.05) is 18.0 Å². The minimum Gasteiger partial charge on any atom is -0.503 e. The number of carbonyl (C=O) groups excluding carboxylic acids is 1. The highest BCUT2D eigenvalue weighted by molar-refractivity contribution is 8.14. The quantitative estimate of drug-likeness (QED) is 0.667. The maximum Gasteiger partial charge on any atom is 0.329 e. The van der Waals surface area contributed by atoms with Crippen molar-refractivity contribution in [3.8, 4) is 11.5 Å².